The maximum absolute atomic E-state index is 11.5. The van der Waals surface area contributed by atoms with Crippen LogP contribution >= 0.6 is 0 Å². The van der Waals surface area contributed by atoms with Crippen molar-refractivity contribution in [2.45, 2.75) is 32.9 Å². The molecule has 0 bridgehead atoms. The summed E-state index contributed by atoms with van der Waals surface area (Å²) in [4.78, 5) is 44.6. The van der Waals surface area contributed by atoms with Gasteiger partial charge in [0.15, 0.2) is 0 Å². The Hall–Kier alpha value is -2.12. The van der Waals surface area contributed by atoms with Crippen LogP contribution in [0.25, 0.3) is 0 Å². The van der Waals surface area contributed by atoms with E-state index in [1.807, 2.05) is 0 Å². The molecular formula is C11H19N3O5. The van der Waals surface area contributed by atoms with Crippen LogP contribution in [-0.2, 0) is 23.9 Å². The molecule has 0 heterocycles. The van der Waals surface area contributed by atoms with Gasteiger partial charge in [-0.15, -0.1) is 0 Å². The van der Waals surface area contributed by atoms with Gasteiger partial charge >= 0.3 is 5.97 Å². The summed E-state index contributed by atoms with van der Waals surface area (Å²) in [7, 11) is 1.21. The molecule has 8 nitrogen and oxygen atoms in total. The number of nitrogens with one attached hydrogen (secondary N) is 3. The lowest BCUT2D eigenvalue weighted by atomic mass is 10.3. The van der Waals surface area contributed by atoms with Crippen molar-refractivity contribution in [2.75, 3.05) is 13.7 Å². The number of hydrogen-bond donors (Lipinski definition) is 3. The summed E-state index contributed by atoms with van der Waals surface area (Å²) < 4.78 is 4.43. The van der Waals surface area contributed by atoms with Crippen molar-refractivity contribution in [1.29, 1.82) is 0 Å². The molecule has 19 heavy (non-hydrogen) atoms. The lowest BCUT2D eigenvalue weighted by Gasteiger charge is -2.14. The Morgan fingerprint density at radius 2 is 1.63 bits per heavy atom. The first-order valence-electron chi connectivity index (χ1n) is 5.70. The molecule has 0 aromatic heterocycles. The second-order valence-electron chi connectivity index (χ2n) is 3.95. The SMILES string of the molecule is COC(=O)[C@H](C)NC(=O)CNC(=O)[C@H](C)NC(C)=O. The van der Waals surface area contributed by atoms with Crippen LogP contribution in [-0.4, -0.2) is 49.4 Å². The second kappa shape index (κ2) is 8.06. The largest absolute Gasteiger partial charge is 0.467 e. The number of hydrogen-bond acceptors (Lipinski definition) is 5. The van der Waals surface area contributed by atoms with Gasteiger partial charge in [0.05, 0.1) is 13.7 Å². The number of esters is 1. The Morgan fingerprint density at radius 3 is 2.11 bits per heavy atom. The Morgan fingerprint density at radius 1 is 1.05 bits per heavy atom. The highest BCUT2D eigenvalue weighted by Crippen LogP contribution is 1.86. The normalized spacial score (nSPS) is 12.8. The zero-order valence-corrected chi connectivity index (χ0v) is 11.4. The van der Waals surface area contributed by atoms with Crippen LogP contribution in [0.4, 0.5) is 0 Å². The summed E-state index contributed by atoms with van der Waals surface area (Å²) in [6, 6.07) is -1.52. The van der Waals surface area contributed by atoms with Gasteiger partial charge in [-0.2, -0.15) is 0 Å². The molecule has 0 aliphatic heterocycles. The topological polar surface area (TPSA) is 114 Å². The van der Waals surface area contributed by atoms with Crippen molar-refractivity contribution in [3.8, 4) is 0 Å². The van der Waals surface area contributed by atoms with Crippen molar-refractivity contribution in [1.82, 2.24) is 16.0 Å². The lowest BCUT2D eigenvalue weighted by molar-refractivity contribution is -0.144. The molecule has 0 rings (SSSR count). The van der Waals surface area contributed by atoms with Crippen LogP contribution in [0.5, 0.6) is 0 Å². The highest BCUT2D eigenvalue weighted by atomic mass is 16.5. The number of amides is 3. The first-order chi connectivity index (χ1) is 8.77. The van der Waals surface area contributed by atoms with E-state index in [2.05, 4.69) is 20.7 Å². The maximum atomic E-state index is 11.5. The van der Waals surface area contributed by atoms with Crippen LogP contribution < -0.4 is 16.0 Å². The van der Waals surface area contributed by atoms with Crippen LogP contribution in [0, 0.1) is 0 Å². The summed E-state index contributed by atoms with van der Waals surface area (Å²) in [5, 5.41) is 7.06. The molecule has 0 aliphatic carbocycles. The molecule has 0 fully saturated rings. The number of carbonyl (C=O) groups excluding carboxylic acids is 4. The third-order valence-corrected chi connectivity index (χ3v) is 2.17. The van der Waals surface area contributed by atoms with Crippen molar-refractivity contribution < 1.29 is 23.9 Å². The first kappa shape index (κ1) is 16.9. The van der Waals surface area contributed by atoms with Crippen LogP contribution in [0.1, 0.15) is 20.8 Å². The minimum atomic E-state index is -0.790. The Kier molecular flexibility index (Phi) is 7.16. The summed E-state index contributed by atoms with van der Waals surface area (Å²) >= 11 is 0. The molecule has 0 aliphatic rings. The molecule has 8 heteroatoms. The molecule has 3 N–H and O–H groups in total. The van der Waals surface area contributed by atoms with E-state index in [1.54, 1.807) is 0 Å². The quantitative estimate of drug-likeness (QED) is 0.499. The van der Waals surface area contributed by atoms with Gasteiger partial charge in [0, 0.05) is 6.92 Å². The molecule has 0 aromatic carbocycles. The van der Waals surface area contributed by atoms with Gasteiger partial charge in [0.1, 0.15) is 12.1 Å². The molecule has 0 radical (unpaired) electrons. The van der Waals surface area contributed by atoms with E-state index >= 15 is 0 Å². The molecule has 3 amide bonds. The average molecular weight is 273 g/mol. The molecular weight excluding hydrogens is 254 g/mol. The minimum absolute atomic E-state index is 0.288. The third-order valence-electron chi connectivity index (χ3n) is 2.17. The fourth-order valence-corrected chi connectivity index (χ4v) is 1.22. The van der Waals surface area contributed by atoms with Crippen molar-refractivity contribution in [2.24, 2.45) is 0 Å². The van der Waals surface area contributed by atoms with Gasteiger partial charge in [0.2, 0.25) is 17.7 Å². The van der Waals surface area contributed by atoms with Crippen LogP contribution in [0.3, 0.4) is 0 Å². The highest BCUT2D eigenvalue weighted by molar-refractivity contribution is 5.91. The third kappa shape index (κ3) is 7.02. The van der Waals surface area contributed by atoms with E-state index in [9.17, 15) is 19.2 Å². The second-order valence-corrected chi connectivity index (χ2v) is 3.95. The van der Waals surface area contributed by atoms with Crippen molar-refractivity contribution >= 4 is 23.7 Å². The Balaban J connectivity index is 4.06. The lowest BCUT2D eigenvalue weighted by Crippen LogP contribution is -2.49. The van der Waals surface area contributed by atoms with Crippen LogP contribution in [0.15, 0.2) is 0 Å². The summed E-state index contributed by atoms with van der Waals surface area (Å²) in [6.07, 6.45) is 0. The highest BCUT2D eigenvalue weighted by Gasteiger charge is 2.18. The van der Waals surface area contributed by atoms with E-state index in [0.717, 1.165) is 0 Å². The van der Waals surface area contributed by atoms with E-state index in [0.29, 0.717) is 0 Å². The molecule has 0 spiro atoms. The average Bonchev–Trinajstić information content (AvgIpc) is 2.33. The van der Waals surface area contributed by atoms with Gasteiger partial charge in [-0.1, -0.05) is 0 Å². The standard InChI is InChI=1S/C11H19N3O5/c1-6(13-8(3)15)10(17)12-5-9(16)14-7(2)11(18)19-4/h6-7H,5H2,1-4H3,(H,12,17)(H,13,15)(H,14,16)/t6-,7-/m0/s1. The zero-order valence-electron chi connectivity index (χ0n) is 11.4. The maximum Gasteiger partial charge on any atom is 0.328 e. The summed E-state index contributed by atoms with van der Waals surface area (Å²) in [5.74, 6) is -1.94. The summed E-state index contributed by atoms with van der Waals surface area (Å²) in [5.41, 5.74) is 0. The van der Waals surface area contributed by atoms with Gasteiger partial charge in [-0.25, -0.2) is 4.79 Å². The zero-order chi connectivity index (χ0) is 15.0. The van der Waals surface area contributed by atoms with Gasteiger partial charge < -0.3 is 20.7 Å². The molecule has 0 aromatic rings. The van der Waals surface area contributed by atoms with E-state index in [-0.39, 0.29) is 12.5 Å². The van der Waals surface area contributed by atoms with Crippen molar-refractivity contribution in [3.05, 3.63) is 0 Å². The molecule has 2 atom stereocenters. The van der Waals surface area contributed by atoms with Crippen molar-refractivity contribution in [3.63, 3.8) is 0 Å². The van der Waals surface area contributed by atoms with E-state index in [1.165, 1.54) is 27.9 Å². The van der Waals surface area contributed by atoms with Gasteiger partial charge in [-0.05, 0) is 13.8 Å². The number of methoxy groups -OCH3 is 1. The fourth-order valence-electron chi connectivity index (χ4n) is 1.22. The van der Waals surface area contributed by atoms with E-state index < -0.39 is 29.9 Å². The number of rotatable bonds is 6. The molecule has 0 saturated carbocycles. The number of carbonyl (C=O) groups is 4. The number of ether oxygens (including phenoxy) is 1. The predicted molar refractivity (Wildman–Crippen MR) is 65.9 cm³/mol. The Labute approximate surface area is 111 Å². The minimum Gasteiger partial charge on any atom is -0.467 e. The summed E-state index contributed by atoms with van der Waals surface area (Å²) in [6.45, 7) is 3.95. The molecule has 0 saturated heterocycles. The smallest absolute Gasteiger partial charge is 0.328 e. The predicted octanol–water partition coefficient (Wildman–Crippen LogP) is -1.70. The molecule has 108 valence electrons. The van der Waals surface area contributed by atoms with Gasteiger partial charge in [-0.3, -0.25) is 14.4 Å². The van der Waals surface area contributed by atoms with Crippen LogP contribution in [0.2, 0.25) is 0 Å². The van der Waals surface area contributed by atoms with E-state index in [4.69, 9.17) is 0 Å². The monoisotopic (exact) mass is 273 g/mol. The Bertz CT molecular complexity index is 369. The first-order valence-corrected chi connectivity index (χ1v) is 5.70. The van der Waals surface area contributed by atoms with Gasteiger partial charge in [0.25, 0.3) is 0 Å². The fraction of sp³-hybridized carbons (Fsp3) is 0.636. The molecule has 0 unspecified atom stereocenters.